The lowest BCUT2D eigenvalue weighted by Gasteiger charge is -2.14. The molecule has 0 spiro atoms. The maximum absolute atomic E-state index is 6.60. The number of benzene rings is 2. The van der Waals surface area contributed by atoms with E-state index in [2.05, 4.69) is 28.3 Å². The molecule has 0 aliphatic heterocycles. The minimum absolute atomic E-state index is 0.282. The largest absolute Gasteiger partial charge is 0.487 e. The smallest absolute Gasteiger partial charge is 0.155 e. The Morgan fingerprint density at radius 2 is 1.94 bits per heavy atom. The molecular formula is C27H20ClN5OS2. The number of nitrogens with zero attached hydrogens (tertiary/aromatic N) is 5. The van der Waals surface area contributed by atoms with E-state index in [1.54, 1.807) is 35.5 Å². The van der Waals surface area contributed by atoms with Gasteiger partial charge < -0.3 is 4.74 Å². The molecule has 6 nitrogen and oxygen atoms in total. The van der Waals surface area contributed by atoms with Crippen molar-refractivity contribution in [3.8, 4) is 17.0 Å². The van der Waals surface area contributed by atoms with Gasteiger partial charge in [0.05, 0.1) is 20.9 Å². The molecule has 0 radical (unpaired) electrons. The molecule has 0 saturated carbocycles. The van der Waals surface area contributed by atoms with Crippen molar-refractivity contribution in [3.05, 3.63) is 89.5 Å². The summed E-state index contributed by atoms with van der Waals surface area (Å²) in [5.74, 6) is 0.698. The third kappa shape index (κ3) is 4.32. The summed E-state index contributed by atoms with van der Waals surface area (Å²) in [5, 5.41) is 5.90. The molecule has 4 aromatic heterocycles. The highest BCUT2D eigenvalue weighted by atomic mass is 35.5. The van der Waals surface area contributed by atoms with Crippen LogP contribution in [0.2, 0.25) is 5.02 Å². The maximum Gasteiger partial charge on any atom is 0.155 e. The molecule has 0 atom stereocenters. The van der Waals surface area contributed by atoms with Gasteiger partial charge in [0.2, 0.25) is 0 Å². The monoisotopic (exact) mass is 529 g/mol. The Kier molecular flexibility index (Phi) is 6.08. The number of ether oxygens (including phenoxy) is 1. The second-order valence-electron chi connectivity index (χ2n) is 8.24. The lowest BCUT2D eigenvalue weighted by molar-refractivity contribution is 0.306. The van der Waals surface area contributed by atoms with Crippen LogP contribution in [-0.4, -0.2) is 24.7 Å². The van der Waals surface area contributed by atoms with Crippen LogP contribution in [0.3, 0.4) is 0 Å². The van der Waals surface area contributed by atoms with Gasteiger partial charge in [-0.15, -0.1) is 11.3 Å². The van der Waals surface area contributed by atoms with E-state index >= 15 is 0 Å². The highest BCUT2D eigenvalue weighted by molar-refractivity contribution is 8.01. The zero-order chi connectivity index (χ0) is 24.6. The number of aromatic nitrogens is 5. The van der Waals surface area contributed by atoms with Crippen LogP contribution in [0, 0.1) is 6.92 Å². The van der Waals surface area contributed by atoms with Crippen molar-refractivity contribution in [2.75, 3.05) is 0 Å². The van der Waals surface area contributed by atoms with Gasteiger partial charge >= 0.3 is 0 Å². The standard InChI is InChI=1S/C27H20ClN5OS2/c1-16-12-18(22-10-11-30-33(22)2)17-6-5-8-23(26(17)31-16)34-15-19-20(28)13-29-14-25(19)36-27-32-21-7-3-4-9-24(21)35-27/h3-14H,15H2,1-2H3. The highest BCUT2D eigenvalue weighted by Gasteiger charge is 2.16. The van der Waals surface area contributed by atoms with E-state index in [9.17, 15) is 0 Å². The summed E-state index contributed by atoms with van der Waals surface area (Å²) < 4.78 is 10.3. The SMILES string of the molecule is Cc1cc(-c2ccnn2C)c2cccc(OCc3c(Cl)cncc3Sc3nc4ccccc4s3)c2n1. The van der Waals surface area contributed by atoms with E-state index in [1.807, 2.05) is 61.2 Å². The number of fused-ring (bicyclic) bond motifs is 2. The molecule has 0 saturated heterocycles. The fourth-order valence-corrected chi connectivity index (χ4v) is 6.54. The average molecular weight is 530 g/mol. The second-order valence-corrected chi connectivity index (χ2v) is 11.0. The van der Waals surface area contributed by atoms with Gasteiger partial charge in [0.25, 0.3) is 0 Å². The molecule has 0 unspecified atom stereocenters. The van der Waals surface area contributed by atoms with Crippen molar-refractivity contribution < 1.29 is 4.74 Å². The molecule has 0 aliphatic carbocycles. The zero-order valence-corrected chi connectivity index (χ0v) is 21.9. The van der Waals surface area contributed by atoms with E-state index in [-0.39, 0.29) is 6.61 Å². The Labute approximate surface area is 221 Å². The fourth-order valence-electron chi connectivity index (χ4n) is 4.13. The number of pyridine rings is 2. The molecule has 9 heteroatoms. The van der Waals surface area contributed by atoms with E-state index in [0.29, 0.717) is 10.8 Å². The van der Waals surface area contributed by atoms with Gasteiger partial charge in [-0.1, -0.05) is 47.6 Å². The molecule has 0 amide bonds. The third-order valence-corrected chi connectivity index (χ3v) is 8.33. The van der Waals surface area contributed by atoms with Gasteiger partial charge in [-0.05, 0) is 37.3 Å². The van der Waals surface area contributed by atoms with Crippen LogP contribution in [0.25, 0.3) is 32.4 Å². The van der Waals surface area contributed by atoms with Gasteiger partial charge in [0.15, 0.2) is 4.34 Å². The van der Waals surface area contributed by atoms with Crippen LogP contribution < -0.4 is 4.74 Å². The van der Waals surface area contributed by atoms with Crippen LogP contribution in [0.15, 0.2) is 82.4 Å². The van der Waals surface area contributed by atoms with E-state index < -0.39 is 0 Å². The van der Waals surface area contributed by atoms with Gasteiger partial charge in [0.1, 0.15) is 17.9 Å². The quantitative estimate of drug-likeness (QED) is 0.225. The first-order chi connectivity index (χ1) is 17.6. The fraction of sp³-hybridized carbons (Fsp3) is 0.111. The van der Waals surface area contributed by atoms with Gasteiger partial charge in [-0.3, -0.25) is 9.67 Å². The zero-order valence-electron chi connectivity index (χ0n) is 19.5. The third-order valence-electron chi connectivity index (χ3n) is 5.84. The van der Waals surface area contributed by atoms with Crippen molar-refractivity contribution >= 4 is 55.8 Å². The van der Waals surface area contributed by atoms with E-state index in [0.717, 1.165) is 52.9 Å². The van der Waals surface area contributed by atoms with Crippen molar-refractivity contribution in [3.63, 3.8) is 0 Å². The normalized spacial score (nSPS) is 11.4. The number of thiazole rings is 1. The Balaban J connectivity index is 1.34. The van der Waals surface area contributed by atoms with Gasteiger partial charge in [-0.2, -0.15) is 5.10 Å². The van der Waals surface area contributed by atoms with Crippen molar-refractivity contribution in [2.45, 2.75) is 22.8 Å². The highest BCUT2D eigenvalue weighted by Crippen LogP contribution is 2.38. The lowest BCUT2D eigenvalue weighted by atomic mass is 10.0. The summed E-state index contributed by atoms with van der Waals surface area (Å²) in [6.07, 6.45) is 5.26. The topological polar surface area (TPSA) is 65.7 Å². The predicted octanol–water partition coefficient (Wildman–Crippen LogP) is 7.33. The number of para-hydroxylation sites is 2. The summed E-state index contributed by atoms with van der Waals surface area (Å²) in [4.78, 5) is 14.8. The molecule has 6 rings (SSSR count). The molecule has 2 aromatic carbocycles. The molecule has 178 valence electrons. The Morgan fingerprint density at radius 3 is 2.78 bits per heavy atom. The average Bonchev–Trinajstić information content (AvgIpc) is 3.48. The summed E-state index contributed by atoms with van der Waals surface area (Å²) >= 11 is 9.80. The summed E-state index contributed by atoms with van der Waals surface area (Å²) in [7, 11) is 1.94. The summed E-state index contributed by atoms with van der Waals surface area (Å²) in [6.45, 7) is 2.27. The minimum Gasteiger partial charge on any atom is -0.487 e. The first-order valence-electron chi connectivity index (χ1n) is 11.2. The first kappa shape index (κ1) is 23.0. The Hall–Kier alpha value is -3.46. The molecule has 0 bridgehead atoms. The Morgan fingerprint density at radius 1 is 1.06 bits per heavy atom. The molecule has 36 heavy (non-hydrogen) atoms. The first-order valence-corrected chi connectivity index (χ1v) is 13.3. The van der Waals surface area contributed by atoms with Gasteiger partial charge in [0, 0.05) is 52.7 Å². The predicted molar refractivity (Wildman–Crippen MR) is 146 cm³/mol. The molecule has 4 heterocycles. The second kappa shape index (κ2) is 9.54. The van der Waals surface area contributed by atoms with Crippen LogP contribution in [0.5, 0.6) is 5.75 Å². The van der Waals surface area contributed by atoms with Crippen molar-refractivity contribution in [2.24, 2.45) is 7.05 Å². The lowest BCUT2D eigenvalue weighted by Crippen LogP contribution is -2.01. The molecule has 6 aromatic rings. The van der Waals surface area contributed by atoms with Crippen molar-refractivity contribution in [1.29, 1.82) is 0 Å². The van der Waals surface area contributed by atoms with Crippen molar-refractivity contribution in [1.82, 2.24) is 24.7 Å². The van der Waals surface area contributed by atoms with Gasteiger partial charge in [-0.25, -0.2) is 9.97 Å². The van der Waals surface area contributed by atoms with Crippen LogP contribution >= 0.6 is 34.7 Å². The molecule has 0 N–H and O–H groups in total. The van der Waals surface area contributed by atoms with Crippen LogP contribution in [0.4, 0.5) is 0 Å². The molecule has 0 aliphatic rings. The number of hydrogen-bond donors (Lipinski definition) is 0. The summed E-state index contributed by atoms with van der Waals surface area (Å²) in [5.41, 5.74) is 5.65. The van der Waals surface area contributed by atoms with E-state index in [1.165, 1.54) is 0 Å². The number of hydrogen-bond acceptors (Lipinski definition) is 7. The van der Waals surface area contributed by atoms with E-state index in [4.69, 9.17) is 26.3 Å². The minimum atomic E-state index is 0.282. The number of rotatable bonds is 6. The summed E-state index contributed by atoms with van der Waals surface area (Å²) in [6, 6.07) is 18.2. The number of aryl methyl sites for hydroxylation is 2. The number of halogens is 1. The Bertz CT molecular complexity index is 1700. The maximum atomic E-state index is 6.60. The molecule has 0 fully saturated rings. The molecular weight excluding hydrogens is 510 g/mol. The van der Waals surface area contributed by atoms with Crippen LogP contribution in [0.1, 0.15) is 11.3 Å². The van der Waals surface area contributed by atoms with Crippen LogP contribution in [-0.2, 0) is 13.7 Å².